The van der Waals surface area contributed by atoms with Crippen LogP contribution in [0.2, 0.25) is 0 Å². The van der Waals surface area contributed by atoms with Gasteiger partial charge < -0.3 is 15.4 Å². The number of aryl methyl sites for hydroxylation is 2. The Hall–Kier alpha value is -3.48. The first-order valence-corrected chi connectivity index (χ1v) is 9.14. The van der Waals surface area contributed by atoms with E-state index in [1.807, 2.05) is 19.9 Å². The molecule has 0 unspecified atom stereocenters. The van der Waals surface area contributed by atoms with Gasteiger partial charge in [0.2, 0.25) is 0 Å². The van der Waals surface area contributed by atoms with E-state index < -0.39 is 23.9 Å². The zero-order valence-corrected chi connectivity index (χ0v) is 16.9. The molecule has 0 heterocycles. The van der Waals surface area contributed by atoms with E-state index in [0.717, 1.165) is 11.1 Å². The topological polar surface area (TPSA) is 102 Å². The summed E-state index contributed by atoms with van der Waals surface area (Å²) in [6.07, 6.45) is -1.05. The predicted molar refractivity (Wildman–Crippen MR) is 109 cm³/mol. The molecule has 2 amide bonds. The van der Waals surface area contributed by atoms with Crippen molar-refractivity contribution in [1.29, 1.82) is 0 Å². The van der Waals surface area contributed by atoms with Gasteiger partial charge in [-0.2, -0.15) is 0 Å². The maximum Gasteiger partial charge on any atom is 0.326 e. The summed E-state index contributed by atoms with van der Waals surface area (Å²) in [6.45, 7) is 6.37. The van der Waals surface area contributed by atoms with Crippen molar-refractivity contribution in [2.75, 3.05) is 11.9 Å². The van der Waals surface area contributed by atoms with E-state index in [9.17, 15) is 19.2 Å². The number of anilines is 1. The molecule has 2 aromatic rings. The molecule has 2 N–H and O–H groups in total. The molecule has 0 radical (unpaired) electrons. The van der Waals surface area contributed by atoms with Crippen LogP contribution in [-0.2, 0) is 14.3 Å². The molecular formula is C22H24N2O5. The Balaban J connectivity index is 1.82. The first kappa shape index (κ1) is 21.8. The number of ether oxygens (including phenoxy) is 1. The number of nitrogens with one attached hydrogen (secondary N) is 2. The van der Waals surface area contributed by atoms with E-state index >= 15 is 0 Å². The highest BCUT2D eigenvalue weighted by molar-refractivity contribution is 5.98. The molecule has 0 bridgehead atoms. The molecular weight excluding hydrogens is 372 g/mol. The Morgan fingerprint density at radius 1 is 0.931 bits per heavy atom. The van der Waals surface area contributed by atoms with E-state index in [2.05, 4.69) is 10.6 Å². The fraction of sp³-hybridized carbons (Fsp3) is 0.273. The maximum absolute atomic E-state index is 12.2. The van der Waals surface area contributed by atoms with E-state index in [-0.39, 0.29) is 12.3 Å². The van der Waals surface area contributed by atoms with Crippen molar-refractivity contribution in [1.82, 2.24) is 5.32 Å². The second-order valence-corrected chi connectivity index (χ2v) is 6.74. The number of carbonyl (C=O) groups excluding carboxylic acids is 4. The fourth-order valence-electron chi connectivity index (χ4n) is 2.46. The molecule has 2 aromatic carbocycles. The third-order valence-corrected chi connectivity index (χ3v) is 4.40. The van der Waals surface area contributed by atoms with Gasteiger partial charge in [0.15, 0.2) is 11.9 Å². The quantitative estimate of drug-likeness (QED) is 0.554. The molecule has 7 heteroatoms. The van der Waals surface area contributed by atoms with Gasteiger partial charge in [0.05, 0.1) is 0 Å². The van der Waals surface area contributed by atoms with E-state index in [4.69, 9.17) is 4.74 Å². The normalized spacial score (nSPS) is 11.3. The Kier molecular flexibility index (Phi) is 7.25. The Labute approximate surface area is 169 Å². The minimum atomic E-state index is -1.05. The fourth-order valence-corrected chi connectivity index (χ4v) is 2.46. The number of esters is 1. The number of hydrogen-bond acceptors (Lipinski definition) is 5. The van der Waals surface area contributed by atoms with Crippen LogP contribution in [0.4, 0.5) is 5.69 Å². The zero-order valence-electron chi connectivity index (χ0n) is 16.9. The summed E-state index contributed by atoms with van der Waals surface area (Å²) in [5.74, 6) is -1.72. The highest BCUT2D eigenvalue weighted by Crippen LogP contribution is 2.11. The van der Waals surface area contributed by atoms with Crippen LogP contribution in [-0.4, -0.2) is 36.2 Å². The van der Waals surface area contributed by atoms with Crippen molar-refractivity contribution in [3.8, 4) is 0 Å². The van der Waals surface area contributed by atoms with Crippen LogP contribution >= 0.6 is 0 Å². The van der Waals surface area contributed by atoms with Crippen LogP contribution in [0.25, 0.3) is 0 Å². The second kappa shape index (κ2) is 9.64. The summed E-state index contributed by atoms with van der Waals surface area (Å²) in [4.78, 5) is 47.5. The first-order chi connectivity index (χ1) is 13.7. The van der Waals surface area contributed by atoms with E-state index in [0.29, 0.717) is 16.8 Å². The maximum atomic E-state index is 12.2. The van der Waals surface area contributed by atoms with E-state index in [1.54, 1.807) is 36.4 Å². The molecule has 0 saturated carbocycles. The summed E-state index contributed by atoms with van der Waals surface area (Å²) in [6, 6.07) is 11.6. The smallest absolute Gasteiger partial charge is 0.326 e. The number of rotatable bonds is 7. The van der Waals surface area contributed by atoms with Crippen molar-refractivity contribution in [3.63, 3.8) is 0 Å². The SMILES string of the molecule is CC(=O)c1ccc(NC(=O)[C@H](C)OC(=O)CNC(=O)c2ccc(C)c(C)c2)cc1. The summed E-state index contributed by atoms with van der Waals surface area (Å²) in [5, 5.41) is 5.08. The third-order valence-electron chi connectivity index (χ3n) is 4.40. The molecule has 0 saturated heterocycles. The molecule has 0 aromatic heterocycles. The second-order valence-electron chi connectivity index (χ2n) is 6.74. The van der Waals surface area contributed by atoms with Gasteiger partial charge in [-0.1, -0.05) is 6.07 Å². The first-order valence-electron chi connectivity index (χ1n) is 9.14. The summed E-state index contributed by atoms with van der Waals surface area (Å²) in [5.41, 5.74) is 3.49. The average molecular weight is 396 g/mol. The molecule has 0 spiro atoms. The highest BCUT2D eigenvalue weighted by Gasteiger charge is 2.19. The third kappa shape index (κ3) is 6.27. The van der Waals surface area contributed by atoms with Crippen LogP contribution < -0.4 is 10.6 Å². The molecule has 29 heavy (non-hydrogen) atoms. The lowest BCUT2D eigenvalue weighted by atomic mass is 10.1. The van der Waals surface area contributed by atoms with Gasteiger partial charge in [-0.15, -0.1) is 0 Å². The molecule has 0 aliphatic carbocycles. The van der Waals surface area contributed by atoms with Gasteiger partial charge in [0.1, 0.15) is 6.54 Å². The predicted octanol–water partition coefficient (Wildman–Crippen LogP) is 2.81. The van der Waals surface area contributed by atoms with Crippen LogP contribution in [0, 0.1) is 13.8 Å². The number of ketones is 1. The number of Topliss-reactive ketones (excluding diaryl/α,β-unsaturated/α-hetero) is 1. The number of benzene rings is 2. The van der Waals surface area contributed by atoms with Crippen LogP contribution in [0.3, 0.4) is 0 Å². The van der Waals surface area contributed by atoms with Crippen molar-refractivity contribution in [3.05, 3.63) is 64.7 Å². The Bertz CT molecular complexity index is 935. The Morgan fingerprint density at radius 3 is 2.14 bits per heavy atom. The molecule has 0 aliphatic rings. The lowest BCUT2D eigenvalue weighted by Gasteiger charge is -2.14. The molecule has 0 fully saturated rings. The largest absolute Gasteiger partial charge is 0.451 e. The van der Waals surface area contributed by atoms with Gasteiger partial charge in [-0.3, -0.25) is 19.2 Å². The summed E-state index contributed by atoms with van der Waals surface area (Å²) >= 11 is 0. The van der Waals surface area contributed by atoms with Gasteiger partial charge in [0, 0.05) is 16.8 Å². The molecule has 0 aliphatic heterocycles. The number of amides is 2. The number of carbonyl (C=O) groups is 4. The van der Waals surface area contributed by atoms with Crippen LogP contribution in [0.1, 0.15) is 45.7 Å². The molecule has 1 atom stereocenters. The summed E-state index contributed by atoms with van der Waals surface area (Å²) < 4.78 is 5.06. The Morgan fingerprint density at radius 2 is 1.55 bits per heavy atom. The van der Waals surface area contributed by atoms with E-state index in [1.165, 1.54) is 13.8 Å². The standard InChI is InChI=1S/C22H24N2O5/c1-13-5-6-18(11-14(13)2)22(28)23-12-20(26)29-16(4)21(27)24-19-9-7-17(8-10-19)15(3)25/h5-11,16H,12H2,1-4H3,(H,23,28)(H,24,27)/t16-/m0/s1. The van der Waals surface area contributed by atoms with Gasteiger partial charge in [0.25, 0.3) is 11.8 Å². The monoisotopic (exact) mass is 396 g/mol. The van der Waals surface area contributed by atoms with Gasteiger partial charge in [-0.25, -0.2) is 0 Å². The number of hydrogen-bond donors (Lipinski definition) is 2. The van der Waals surface area contributed by atoms with Gasteiger partial charge >= 0.3 is 5.97 Å². The average Bonchev–Trinajstić information content (AvgIpc) is 2.68. The lowest BCUT2D eigenvalue weighted by molar-refractivity contribution is -0.152. The minimum absolute atomic E-state index is 0.0759. The summed E-state index contributed by atoms with van der Waals surface area (Å²) in [7, 11) is 0. The zero-order chi connectivity index (χ0) is 21.6. The molecule has 7 nitrogen and oxygen atoms in total. The minimum Gasteiger partial charge on any atom is -0.451 e. The van der Waals surface area contributed by atoms with Crippen molar-refractivity contribution in [2.24, 2.45) is 0 Å². The van der Waals surface area contributed by atoms with Crippen molar-refractivity contribution in [2.45, 2.75) is 33.8 Å². The lowest BCUT2D eigenvalue weighted by Crippen LogP contribution is -2.35. The molecule has 152 valence electrons. The highest BCUT2D eigenvalue weighted by atomic mass is 16.5. The van der Waals surface area contributed by atoms with Crippen molar-refractivity contribution < 1.29 is 23.9 Å². The molecule has 2 rings (SSSR count). The van der Waals surface area contributed by atoms with Crippen LogP contribution in [0.5, 0.6) is 0 Å². The van der Waals surface area contributed by atoms with Crippen LogP contribution in [0.15, 0.2) is 42.5 Å². The van der Waals surface area contributed by atoms with Gasteiger partial charge in [-0.05, 0) is 75.2 Å². The van der Waals surface area contributed by atoms with Crippen molar-refractivity contribution >= 4 is 29.3 Å².